The van der Waals surface area contributed by atoms with Crippen LogP contribution in [0, 0.1) is 0 Å². The summed E-state index contributed by atoms with van der Waals surface area (Å²) in [6, 6.07) is 11.7. The second-order valence-electron chi connectivity index (χ2n) is 6.99. The molecule has 0 unspecified atom stereocenters. The van der Waals surface area contributed by atoms with Crippen LogP contribution in [0.3, 0.4) is 0 Å². The van der Waals surface area contributed by atoms with Gasteiger partial charge in [0.1, 0.15) is 6.33 Å². The van der Waals surface area contributed by atoms with E-state index in [0.717, 1.165) is 0 Å². The number of aromatic nitrogens is 4. The van der Waals surface area contributed by atoms with Gasteiger partial charge in [-0.3, -0.25) is 4.79 Å². The van der Waals surface area contributed by atoms with Crippen molar-refractivity contribution in [3.8, 4) is 5.69 Å². The van der Waals surface area contributed by atoms with Gasteiger partial charge in [-0.1, -0.05) is 29.3 Å². The Morgan fingerprint density at radius 3 is 2.48 bits per heavy atom. The van der Waals surface area contributed by atoms with Gasteiger partial charge in [0.15, 0.2) is 0 Å². The standard InChI is InChI=1S/C20H19Cl2N7O2/c21-14-3-1-4-16(11-14)24-20(31)28-8-2-7-27(9-10-28)19(30)17-12-15(22)5-6-18(17)29-13-23-25-26-29/h1,3-6,11-13H,2,7-10H2,(H,24,31). The van der Waals surface area contributed by atoms with Crippen molar-refractivity contribution in [3.05, 3.63) is 64.4 Å². The quantitative estimate of drug-likeness (QED) is 0.647. The summed E-state index contributed by atoms with van der Waals surface area (Å²) in [6.07, 6.45) is 2.07. The SMILES string of the molecule is O=C(Nc1cccc(Cl)c1)N1CCCN(C(=O)c2cc(Cl)ccc2-n2cnnn2)CC1. The molecule has 1 saturated heterocycles. The van der Waals surface area contributed by atoms with Crippen molar-refractivity contribution in [2.24, 2.45) is 0 Å². The van der Waals surface area contributed by atoms with E-state index in [1.165, 1.54) is 11.0 Å². The Morgan fingerprint density at radius 2 is 1.71 bits per heavy atom. The Kier molecular flexibility index (Phi) is 6.34. The molecule has 1 aromatic heterocycles. The average Bonchev–Trinajstić information content (AvgIpc) is 3.17. The predicted octanol–water partition coefficient (Wildman–Crippen LogP) is 3.35. The first-order valence-electron chi connectivity index (χ1n) is 9.65. The van der Waals surface area contributed by atoms with E-state index in [2.05, 4.69) is 20.8 Å². The van der Waals surface area contributed by atoms with Crippen LogP contribution in [-0.4, -0.2) is 68.1 Å². The topological polar surface area (TPSA) is 96.2 Å². The normalized spacial score (nSPS) is 14.3. The lowest BCUT2D eigenvalue weighted by atomic mass is 10.1. The molecule has 2 aromatic carbocycles. The molecular formula is C20H19Cl2N7O2. The van der Waals surface area contributed by atoms with Gasteiger partial charge < -0.3 is 15.1 Å². The van der Waals surface area contributed by atoms with Gasteiger partial charge in [-0.25, -0.2) is 4.79 Å². The molecule has 1 N–H and O–H groups in total. The molecule has 31 heavy (non-hydrogen) atoms. The summed E-state index contributed by atoms with van der Waals surface area (Å²) in [5.41, 5.74) is 1.57. The Hall–Kier alpha value is -3.17. The average molecular weight is 460 g/mol. The minimum atomic E-state index is -0.228. The van der Waals surface area contributed by atoms with Gasteiger partial charge in [-0.05, 0) is 53.2 Å². The van der Waals surface area contributed by atoms with Crippen LogP contribution in [0.2, 0.25) is 10.0 Å². The van der Waals surface area contributed by atoms with Crippen molar-refractivity contribution in [1.82, 2.24) is 30.0 Å². The number of nitrogens with zero attached hydrogens (tertiary/aromatic N) is 6. The number of halogens is 2. The third-order valence-corrected chi connectivity index (χ3v) is 5.40. The highest BCUT2D eigenvalue weighted by molar-refractivity contribution is 6.31. The third kappa shape index (κ3) is 4.95. The summed E-state index contributed by atoms with van der Waals surface area (Å²) in [5, 5.41) is 15.0. The van der Waals surface area contributed by atoms with Crippen LogP contribution in [0.15, 0.2) is 48.8 Å². The maximum Gasteiger partial charge on any atom is 0.321 e. The van der Waals surface area contributed by atoms with E-state index in [4.69, 9.17) is 23.2 Å². The van der Waals surface area contributed by atoms with Crippen LogP contribution >= 0.6 is 23.2 Å². The van der Waals surface area contributed by atoms with Crippen molar-refractivity contribution in [2.75, 3.05) is 31.5 Å². The molecule has 0 radical (unpaired) electrons. The van der Waals surface area contributed by atoms with Crippen LogP contribution in [0.25, 0.3) is 5.69 Å². The molecule has 0 spiro atoms. The van der Waals surface area contributed by atoms with Crippen molar-refractivity contribution in [3.63, 3.8) is 0 Å². The first-order valence-corrected chi connectivity index (χ1v) is 10.4. The molecular weight excluding hydrogens is 441 g/mol. The van der Waals surface area contributed by atoms with Gasteiger partial charge in [-0.2, -0.15) is 4.68 Å². The first kappa shape index (κ1) is 21.1. The number of hydrogen-bond acceptors (Lipinski definition) is 5. The maximum atomic E-state index is 13.3. The van der Waals surface area contributed by atoms with Crippen LogP contribution < -0.4 is 5.32 Å². The van der Waals surface area contributed by atoms with Crippen molar-refractivity contribution >= 4 is 40.8 Å². The molecule has 0 bridgehead atoms. The van der Waals surface area contributed by atoms with Gasteiger partial charge >= 0.3 is 6.03 Å². The molecule has 3 aromatic rings. The highest BCUT2D eigenvalue weighted by Gasteiger charge is 2.25. The summed E-state index contributed by atoms with van der Waals surface area (Å²) in [4.78, 5) is 29.3. The van der Waals surface area contributed by atoms with Crippen LogP contribution in [0.4, 0.5) is 10.5 Å². The summed E-state index contributed by atoms with van der Waals surface area (Å²) >= 11 is 12.1. The van der Waals surface area contributed by atoms with Gasteiger partial charge in [-0.15, -0.1) is 5.10 Å². The molecule has 0 aliphatic carbocycles. The largest absolute Gasteiger partial charge is 0.337 e. The number of amides is 3. The second-order valence-corrected chi connectivity index (χ2v) is 7.86. The lowest BCUT2D eigenvalue weighted by molar-refractivity contribution is 0.0762. The Bertz CT molecular complexity index is 1090. The molecule has 3 amide bonds. The number of hydrogen-bond donors (Lipinski definition) is 1. The van der Waals surface area contributed by atoms with Crippen LogP contribution in [0.1, 0.15) is 16.8 Å². The van der Waals surface area contributed by atoms with E-state index in [1.54, 1.807) is 52.3 Å². The molecule has 0 saturated carbocycles. The number of nitrogens with one attached hydrogen (secondary N) is 1. The van der Waals surface area contributed by atoms with Gasteiger partial charge in [0.2, 0.25) is 0 Å². The van der Waals surface area contributed by atoms with Crippen molar-refractivity contribution in [1.29, 1.82) is 0 Å². The van der Waals surface area contributed by atoms with E-state index in [9.17, 15) is 9.59 Å². The lowest BCUT2D eigenvalue weighted by Gasteiger charge is -2.23. The number of anilines is 1. The minimum absolute atomic E-state index is 0.190. The number of tetrazole rings is 1. The van der Waals surface area contributed by atoms with Gasteiger partial charge in [0, 0.05) is 41.9 Å². The van der Waals surface area contributed by atoms with E-state index >= 15 is 0 Å². The second kappa shape index (κ2) is 9.32. The Morgan fingerprint density at radius 1 is 0.935 bits per heavy atom. The monoisotopic (exact) mass is 459 g/mol. The summed E-state index contributed by atoms with van der Waals surface area (Å²) in [5.74, 6) is -0.190. The van der Waals surface area contributed by atoms with E-state index < -0.39 is 0 Å². The van der Waals surface area contributed by atoms with Crippen LogP contribution in [-0.2, 0) is 0 Å². The summed E-state index contributed by atoms with van der Waals surface area (Å²) in [7, 11) is 0. The molecule has 1 fully saturated rings. The smallest absolute Gasteiger partial charge is 0.321 e. The zero-order valence-corrected chi connectivity index (χ0v) is 17.9. The number of carbonyl (C=O) groups excluding carboxylic acids is 2. The van der Waals surface area contributed by atoms with Crippen LogP contribution in [0.5, 0.6) is 0 Å². The molecule has 2 heterocycles. The zero-order chi connectivity index (χ0) is 21.8. The van der Waals surface area contributed by atoms with Crippen molar-refractivity contribution < 1.29 is 9.59 Å². The van der Waals surface area contributed by atoms with Gasteiger partial charge in [0.05, 0.1) is 11.3 Å². The lowest BCUT2D eigenvalue weighted by Crippen LogP contribution is -2.39. The molecule has 9 nitrogen and oxygen atoms in total. The third-order valence-electron chi connectivity index (χ3n) is 4.93. The number of rotatable bonds is 3. The fraction of sp³-hybridized carbons (Fsp3) is 0.250. The highest BCUT2D eigenvalue weighted by Crippen LogP contribution is 2.22. The maximum absolute atomic E-state index is 13.3. The number of urea groups is 1. The molecule has 0 atom stereocenters. The summed E-state index contributed by atoms with van der Waals surface area (Å²) < 4.78 is 1.42. The Balaban J connectivity index is 1.46. The van der Waals surface area contributed by atoms with Crippen molar-refractivity contribution in [2.45, 2.75) is 6.42 Å². The molecule has 11 heteroatoms. The first-order chi connectivity index (χ1) is 15.0. The predicted molar refractivity (Wildman–Crippen MR) is 117 cm³/mol. The molecule has 4 rings (SSSR count). The zero-order valence-electron chi connectivity index (χ0n) is 16.4. The Labute approximate surface area is 188 Å². The van der Waals surface area contributed by atoms with E-state index in [0.29, 0.717) is 59.6 Å². The molecule has 1 aliphatic rings. The number of benzene rings is 2. The molecule has 1 aliphatic heterocycles. The van der Waals surface area contributed by atoms with E-state index in [-0.39, 0.29) is 11.9 Å². The fourth-order valence-corrected chi connectivity index (χ4v) is 3.78. The molecule has 160 valence electrons. The van der Waals surface area contributed by atoms with Gasteiger partial charge in [0.25, 0.3) is 5.91 Å². The highest BCUT2D eigenvalue weighted by atomic mass is 35.5. The minimum Gasteiger partial charge on any atom is -0.337 e. The fourth-order valence-electron chi connectivity index (χ4n) is 3.41. The van der Waals surface area contributed by atoms with E-state index in [1.807, 2.05) is 0 Å². The number of carbonyl (C=O) groups is 2. The summed E-state index contributed by atoms with van der Waals surface area (Å²) in [6.45, 7) is 1.84.